The molecule has 0 spiro atoms. The second-order valence-corrected chi connectivity index (χ2v) is 6.59. The van der Waals surface area contributed by atoms with Crippen LogP contribution in [0.2, 0.25) is 0 Å². The van der Waals surface area contributed by atoms with E-state index in [9.17, 15) is 4.39 Å². The second-order valence-electron chi connectivity index (χ2n) is 5.44. The van der Waals surface area contributed by atoms with Gasteiger partial charge in [0.1, 0.15) is 11.6 Å². The van der Waals surface area contributed by atoms with Crippen LogP contribution in [-0.2, 0) is 0 Å². The summed E-state index contributed by atoms with van der Waals surface area (Å²) in [6.07, 6.45) is 1.05. The van der Waals surface area contributed by atoms with E-state index in [2.05, 4.69) is 24.2 Å². The van der Waals surface area contributed by atoms with Gasteiger partial charge in [-0.15, -0.1) is 0 Å². The Kier molecular flexibility index (Phi) is 6.33. The first-order valence-electron chi connectivity index (χ1n) is 7.52. The number of thioether (sulfide) groups is 1. The summed E-state index contributed by atoms with van der Waals surface area (Å²) in [5.41, 5.74) is 0.922. The summed E-state index contributed by atoms with van der Waals surface area (Å²) < 4.78 is 19.2. The third-order valence-corrected chi connectivity index (χ3v) is 5.02. The molecule has 2 unspecified atom stereocenters. The van der Waals surface area contributed by atoms with Gasteiger partial charge in [0.15, 0.2) is 0 Å². The third kappa shape index (κ3) is 4.11. The van der Waals surface area contributed by atoms with Crippen LogP contribution >= 0.6 is 11.8 Å². The Hall–Kier alpha value is -0.780. The number of methoxy groups -OCH3 is 1. The number of benzene rings is 1. The molecule has 1 heterocycles. The predicted octanol–water partition coefficient (Wildman–Crippen LogP) is 2.92. The van der Waals surface area contributed by atoms with Gasteiger partial charge in [-0.05, 0) is 38.2 Å². The van der Waals surface area contributed by atoms with Crippen LogP contribution in [0.1, 0.15) is 24.9 Å². The lowest BCUT2D eigenvalue weighted by Gasteiger charge is -2.38. The van der Waals surface area contributed by atoms with Crippen molar-refractivity contribution in [2.75, 3.05) is 38.8 Å². The topological polar surface area (TPSA) is 24.5 Å². The fourth-order valence-electron chi connectivity index (χ4n) is 2.76. The number of hydrogen-bond donors (Lipinski definition) is 1. The first-order valence-corrected chi connectivity index (χ1v) is 8.67. The second kappa shape index (κ2) is 8.01. The molecule has 1 aromatic rings. The molecule has 1 fully saturated rings. The zero-order chi connectivity index (χ0) is 15.2. The number of hydrogen-bond acceptors (Lipinski definition) is 4. The number of rotatable bonds is 6. The highest BCUT2D eigenvalue weighted by Crippen LogP contribution is 2.32. The fourth-order valence-corrected chi connectivity index (χ4v) is 4.03. The van der Waals surface area contributed by atoms with Gasteiger partial charge in [0.2, 0.25) is 0 Å². The summed E-state index contributed by atoms with van der Waals surface area (Å²) in [7, 11) is 3.80. The number of likely N-dealkylation sites (N-methyl/N-ethyl adjacent to an activating group) is 1. The first-order chi connectivity index (χ1) is 10.2. The molecule has 1 saturated heterocycles. The van der Waals surface area contributed by atoms with E-state index in [0.29, 0.717) is 6.04 Å². The molecule has 2 rings (SSSR count). The number of nitrogens with zero attached hydrogens (tertiary/aromatic N) is 1. The molecule has 118 valence electrons. The van der Waals surface area contributed by atoms with Crippen LogP contribution in [0.5, 0.6) is 5.75 Å². The molecule has 0 saturated carbocycles. The molecule has 0 amide bonds. The van der Waals surface area contributed by atoms with Crippen LogP contribution in [0.4, 0.5) is 4.39 Å². The van der Waals surface area contributed by atoms with Gasteiger partial charge in [0, 0.05) is 29.7 Å². The molecular formula is C16H25FN2OS. The molecule has 5 heteroatoms. The molecule has 21 heavy (non-hydrogen) atoms. The van der Waals surface area contributed by atoms with Gasteiger partial charge in [-0.2, -0.15) is 11.8 Å². The molecule has 0 radical (unpaired) electrons. The average molecular weight is 312 g/mol. The van der Waals surface area contributed by atoms with E-state index in [-0.39, 0.29) is 11.9 Å². The van der Waals surface area contributed by atoms with Crippen LogP contribution < -0.4 is 10.1 Å². The van der Waals surface area contributed by atoms with Gasteiger partial charge in [-0.25, -0.2) is 4.39 Å². The minimum absolute atomic E-state index is 0.0911. The van der Waals surface area contributed by atoms with Crippen molar-refractivity contribution in [1.29, 1.82) is 0 Å². The highest BCUT2D eigenvalue weighted by atomic mass is 32.2. The van der Waals surface area contributed by atoms with E-state index in [1.54, 1.807) is 19.2 Å². The van der Waals surface area contributed by atoms with Gasteiger partial charge in [0.05, 0.1) is 13.2 Å². The highest BCUT2D eigenvalue weighted by Gasteiger charge is 2.30. The van der Waals surface area contributed by atoms with Crippen molar-refractivity contribution in [3.8, 4) is 5.75 Å². The summed E-state index contributed by atoms with van der Waals surface area (Å²) in [6.45, 7) is 4.13. The van der Waals surface area contributed by atoms with Gasteiger partial charge in [-0.1, -0.05) is 6.92 Å². The van der Waals surface area contributed by atoms with E-state index in [1.807, 2.05) is 11.8 Å². The maximum Gasteiger partial charge on any atom is 0.123 e. The zero-order valence-electron chi connectivity index (χ0n) is 13.1. The molecule has 0 bridgehead atoms. The third-order valence-electron chi connectivity index (χ3n) is 3.97. The van der Waals surface area contributed by atoms with E-state index in [0.717, 1.165) is 42.3 Å². The minimum atomic E-state index is -0.208. The Morgan fingerprint density at radius 3 is 3.00 bits per heavy atom. The van der Waals surface area contributed by atoms with Crippen molar-refractivity contribution in [3.05, 3.63) is 29.6 Å². The quantitative estimate of drug-likeness (QED) is 0.873. The highest BCUT2D eigenvalue weighted by molar-refractivity contribution is 7.99. The Labute approximate surface area is 131 Å². The normalized spacial score (nSPS) is 21.2. The number of ether oxygens (including phenoxy) is 1. The van der Waals surface area contributed by atoms with Crippen molar-refractivity contribution < 1.29 is 9.13 Å². The Morgan fingerprint density at radius 1 is 1.52 bits per heavy atom. The van der Waals surface area contributed by atoms with Crippen molar-refractivity contribution in [1.82, 2.24) is 10.2 Å². The average Bonchev–Trinajstić information content (AvgIpc) is 2.49. The standard InChI is InChI=1S/C16H25FN2OS/c1-4-7-18-16(14-11-21-9-8-19(14)2)13-10-12(17)5-6-15(13)20-3/h5-6,10,14,16,18H,4,7-9,11H2,1-3H3. The summed E-state index contributed by atoms with van der Waals surface area (Å²) in [5.74, 6) is 2.76. The smallest absolute Gasteiger partial charge is 0.123 e. The van der Waals surface area contributed by atoms with Crippen LogP contribution in [0.25, 0.3) is 0 Å². The molecule has 0 aliphatic carbocycles. The maximum atomic E-state index is 13.7. The van der Waals surface area contributed by atoms with Gasteiger partial charge in [-0.3, -0.25) is 4.90 Å². The van der Waals surface area contributed by atoms with E-state index in [4.69, 9.17) is 4.74 Å². The molecular weight excluding hydrogens is 287 g/mol. The van der Waals surface area contributed by atoms with Crippen LogP contribution in [-0.4, -0.2) is 49.7 Å². The van der Waals surface area contributed by atoms with Gasteiger partial charge < -0.3 is 10.1 Å². The summed E-state index contributed by atoms with van der Waals surface area (Å²) >= 11 is 1.96. The monoisotopic (exact) mass is 312 g/mol. The fraction of sp³-hybridized carbons (Fsp3) is 0.625. The summed E-state index contributed by atoms with van der Waals surface area (Å²) in [5, 5.41) is 3.59. The molecule has 1 aromatic carbocycles. The molecule has 1 N–H and O–H groups in total. The summed E-state index contributed by atoms with van der Waals surface area (Å²) in [6, 6.07) is 5.23. The SMILES string of the molecule is CCCNC(c1cc(F)ccc1OC)C1CSCCN1C. The zero-order valence-corrected chi connectivity index (χ0v) is 13.9. The molecule has 1 aliphatic heterocycles. The lowest BCUT2D eigenvalue weighted by Crippen LogP contribution is -2.48. The first kappa shape index (κ1) is 16.6. The van der Waals surface area contributed by atoms with Gasteiger partial charge in [0.25, 0.3) is 0 Å². The van der Waals surface area contributed by atoms with Crippen molar-refractivity contribution in [2.45, 2.75) is 25.4 Å². The minimum Gasteiger partial charge on any atom is -0.496 e. The van der Waals surface area contributed by atoms with E-state index in [1.165, 1.54) is 6.07 Å². The number of halogens is 1. The predicted molar refractivity (Wildman–Crippen MR) is 87.7 cm³/mol. The Bertz CT molecular complexity index is 458. The van der Waals surface area contributed by atoms with E-state index < -0.39 is 0 Å². The molecule has 3 nitrogen and oxygen atoms in total. The van der Waals surface area contributed by atoms with Gasteiger partial charge >= 0.3 is 0 Å². The molecule has 0 aromatic heterocycles. The lowest BCUT2D eigenvalue weighted by atomic mass is 9.97. The van der Waals surface area contributed by atoms with Crippen LogP contribution in [0.3, 0.4) is 0 Å². The van der Waals surface area contributed by atoms with E-state index >= 15 is 0 Å². The van der Waals surface area contributed by atoms with Crippen LogP contribution in [0, 0.1) is 5.82 Å². The van der Waals surface area contributed by atoms with Crippen molar-refractivity contribution >= 4 is 11.8 Å². The maximum absolute atomic E-state index is 13.7. The Balaban J connectivity index is 2.32. The lowest BCUT2D eigenvalue weighted by molar-refractivity contribution is 0.213. The van der Waals surface area contributed by atoms with Crippen molar-refractivity contribution in [2.24, 2.45) is 0 Å². The molecule has 1 aliphatic rings. The molecule has 2 atom stereocenters. The summed E-state index contributed by atoms with van der Waals surface area (Å²) in [4.78, 5) is 2.37. The van der Waals surface area contributed by atoms with Crippen LogP contribution in [0.15, 0.2) is 18.2 Å². The van der Waals surface area contributed by atoms with Crippen molar-refractivity contribution in [3.63, 3.8) is 0 Å². The number of nitrogens with one attached hydrogen (secondary N) is 1. The Morgan fingerprint density at radius 2 is 2.33 bits per heavy atom. The largest absolute Gasteiger partial charge is 0.496 e.